The van der Waals surface area contributed by atoms with Crippen LogP contribution in [0.15, 0.2) is 12.3 Å². The minimum absolute atomic E-state index is 0.126. The second-order valence-corrected chi connectivity index (χ2v) is 5.51. The molecule has 0 spiro atoms. The van der Waals surface area contributed by atoms with Crippen LogP contribution in [0.3, 0.4) is 0 Å². The summed E-state index contributed by atoms with van der Waals surface area (Å²) in [5, 5.41) is 6.41. The third-order valence-electron chi connectivity index (χ3n) is 3.47. The number of hydrogen-bond donors (Lipinski definition) is 2. The van der Waals surface area contributed by atoms with Gasteiger partial charge in [0.1, 0.15) is 5.82 Å². The van der Waals surface area contributed by atoms with Crippen molar-refractivity contribution in [3.63, 3.8) is 0 Å². The molecular formula is C14H20ClN3O. The van der Waals surface area contributed by atoms with Crippen molar-refractivity contribution < 1.29 is 4.79 Å². The molecule has 4 nitrogen and oxygen atoms in total. The summed E-state index contributed by atoms with van der Waals surface area (Å²) in [7, 11) is 0. The summed E-state index contributed by atoms with van der Waals surface area (Å²) >= 11 is 6.03. The molecule has 0 bridgehead atoms. The number of amides is 1. The molecule has 5 heteroatoms. The monoisotopic (exact) mass is 281 g/mol. The summed E-state index contributed by atoms with van der Waals surface area (Å²) in [5.74, 6) is 1.87. The van der Waals surface area contributed by atoms with Gasteiger partial charge in [-0.15, -0.1) is 0 Å². The Morgan fingerprint density at radius 1 is 1.58 bits per heavy atom. The SMILES string of the molecule is CCNc1cc(C(=O)NCC(C)C2CC2)c(Cl)cn1. The molecule has 1 aromatic rings. The third kappa shape index (κ3) is 3.83. The quantitative estimate of drug-likeness (QED) is 0.843. The molecule has 1 aromatic heterocycles. The van der Waals surface area contributed by atoms with Gasteiger partial charge in [-0.3, -0.25) is 4.79 Å². The minimum Gasteiger partial charge on any atom is -0.370 e. The van der Waals surface area contributed by atoms with E-state index in [-0.39, 0.29) is 5.91 Å². The van der Waals surface area contributed by atoms with E-state index in [0.717, 1.165) is 12.5 Å². The molecular weight excluding hydrogens is 262 g/mol. The molecule has 2 rings (SSSR count). The topological polar surface area (TPSA) is 54.0 Å². The molecule has 1 unspecified atom stereocenters. The van der Waals surface area contributed by atoms with Gasteiger partial charge in [-0.1, -0.05) is 18.5 Å². The maximum absolute atomic E-state index is 12.1. The maximum atomic E-state index is 12.1. The van der Waals surface area contributed by atoms with Crippen molar-refractivity contribution in [1.82, 2.24) is 10.3 Å². The highest BCUT2D eigenvalue weighted by Crippen LogP contribution is 2.36. The van der Waals surface area contributed by atoms with Crippen molar-refractivity contribution in [1.29, 1.82) is 0 Å². The molecule has 2 N–H and O–H groups in total. The van der Waals surface area contributed by atoms with E-state index in [9.17, 15) is 4.79 Å². The average Bonchev–Trinajstić information content (AvgIpc) is 3.22. The first kappa shape index (κ1) is 14.1. The van der Waals surface area contributed by atoms with Crippen LogP contribution in [0.1, 0.15) is 37.0 Å². The van der Waals surface area contributed by atoms with Crippen LogP contribution in [0.2, 0.25) is 5.02 Å². The summed E-state index contributed by atoms with van der Waals surface area (Å²) in [6.07, 6.45) is 4.09. The van der Waals surface area contributed by atoms with Gasteiger partial charge >= 0.3 is 0 Å². The highest BCUT2D eigenvalue weighted by Gasteiger charge is 2.28. The summed E-state index contributed by atoms with van der Waals surface area (Å²) in [6, 6.07) is 1.70. The fourth-order valence-electron chi connectivity index (χ4n) is 2.07. The Bertz CT molecular complexity index is 460. The van der Waals surface area contributed by atoms with E-state index in [1.165, 1.54) is 19.0 Å². The Labute approximate surface area is 118 Å². The predicted octanol–water partition coefficient (Wildman–Crippen LogP) is 2.94. The lowest BCUT2D eigenvalue weighted by molar-refractivity contribution is 0.0947. The van der Waals surface area contributed by atoms with E-state index in [1.54, 1.807) is 6.07 Å². The number of halogens is 1. The summed E-state index contributed by atoms with van der Waals surface area (Å²) in [4.78, 5) is 16.2. The number of aromatic nitrogens is 1. The van der Waals surface area contributed by atoms with Crippen molar-refractivity contribution in [2.45, 2.75) is 26.7 Å². The number of carbonyl (C=O) groups excluding carboxylic acids is 1. The Kier molecular flexibility index (Phi) is 4.64. The molecule has 1 aliphatic carbocycles. The van der Waals surface area contributed by atoms with E-state index >= 15 is 0 Å². The van der Waals surface area contributed by atoms with Gasteiger partial charge in [-0.2, -0.15) is 0 Å². The van der Waals surface area contributed by atoms with Crippen LogP contribution in [0.25, 0.3) is 0 Å². The fraction of sp³-hybridized carbons (Fsp3) is 0.571. The number of pyridine rings is 1. The molecule has 1 fully saturated rings. The molecule has 1 heterocycles. The number of anilines is 1. The van der Waals surface area contributed by atoms with Gasteiger partial charge in [0.2, 0.25) is 0 Å². The lowest BCUT2D eigenvalue weighted by atomic mass is 10.1. The lowest BCUT2D eigenvalue weighted by Gasteiger charge is -2.12. The van der Waals surface area contributed by atoms with Crippen LogP contribution >= 0.6 is 11.6 Å². The first-order chi connectivity index (χ1) is 9.11. The van der Waals surface area contributed by atoms with Gasteiger partial charge in [0, 0.05) is 19.3 Å². The number of nitrogens with zero attached hydrogens (tertiary/aromatic N) is 1. The van der Waals surface area contributed by atoms with E-state index in [1.807, 2.05) is 6.92 Å². The molecule has 0 aromatic carbocycles. The van der Waals surface area contributed by atoms with Crippen LogP contribution in [0.4, 0.5) is 5.82 Å². The van der Waals surface area contributed by atoms with Crippen molar-refractivity contribution in [3.05, 3.63) is 22.8 Å². The van der Waals surface area contributed by atoms with Gasteiger partial charge in [-0.25, -0.2) is 4.98 Å². The Morgan fingerprint density at radius 3 is 2.95 bits per heavy atom. The normalized spacial score (nSPS) is 15.9. The number of hydrogen-bond acceptors (Lipinski definition) is 3. The van der Waals surface area contributed by atoms with Gasteiger partial charge in [0.05, 0.1) is 10.6 Å². The molecule has 19 heavy (non-hydrogen) atoms. The van der Waals surface area contributed by atoms with Crippen molar-refractivity contribution >= 4 is 23.3 Å². The van der Waals surface area contributed by atoms with Gasteiger partial charge in [-0.05, 0) is 37.7 Å². The predicted molar refractivity (Wildman–Crippen MR) is 77.6 cm³/mol. The molecule has 1 saturated carbocycles. The average molecular weight is 282 g/mol. The highest BCUT2D eigenvalue weighted by molar-refractivity contribution is 6.33. The third-order valence-corrected chi connectivity index (χ3v) is 3.77. The first-order valence-corrected chi connectivity index (χ1v) is 7.17. The zero-order valence-electron chi connectivity index (χ0n) is 11.4. The molecule has 1 amide bonds. The summed E-state index contributed by atoms with van der Waals surface area (Å²) in [6.45, 7) is 5.62. The molecule has 0 saturated heterocycles. The molecule has 104 valence electrons. The van der Waals surface area contributed by atoms with E-state index in [4.69, 9.17) is 11.6 Å². The largest absolute Gasteiger partial charge is 0.370 e. The van der Waals surface area contributed by atoms with Crippen LogP contribution in [-0.2, 0) is 0 Å². The van der Waals surface area contributed by atoms with Gasteiger partial charge in [0.15, 0.2) is 0 Å². The van der Waals surface area contributed by atoms with Crippen molar-refractivity contribution in [3.8, 4) is 0 Å². The van der Waals surface area contributed by atoms with E-state index < -0.39 is 0 Å². The van der Waals surface area contributed by atoms with Crippen LogP contribution in [-0.4, -0.2) is 24.0 Å². The minimum atomic E-state index is -0.126. The molecule has 1 atom stereocenters. The zero-order chi connectivity index (χ0) is 13.8. The molecule has 1 aliphatic rings. The smallest absolute Gasteiger partial charge is 0.252 e. The zero-order valence-corrected chi connectivity index (χ0v) is 12.1. The van der Waals surface area contributed by atoms with E-state index in [0.29, 0.717) is 28.9 Å². The highest BCUT2D eigenvalue weighted by atomic mass is 35.5. The first-order valence-electron chi connectivity index (χ1n) is 6.79. The second kappa shape index (κ2) is 6.24. The Morgan fingerprint density at radius 2 is 2.32 bits per heavy atom. The van der Waals surface area contributed by atoms with Crippen LogP contribution in [0, 0.1) is 11.8 Å². The second-order valence-electron chi connectivity index (χ2n) is 5.10. The maximum Gasteiger partial charge on any atom is 0.252 e. The van der Waals surface area contributed by atoms with Crippen molar-refractivity contribution in [2.75, 3.05) is 18.4 Å². The van der Waals surface area contributed by atoms with Crippen LogP contribution < -0.4 is 10.6 Å². The summed E-state index contributed by atoms with van der Waals surface area (Å²) < 4.78 is 0. The number of rotatable bonds is 6. The Balaban J connectivity index is 1.98. The molecule has 0 radical (unpaired) electrons. The number of carbonyl (C=O) groups is 1. The summed E-state index contributed by atoms with van der Waals surface area (Å²) in [5.41, 5.74) is 0.482. The molecule has 0 aliphatic heterocycles. The van der Waals surface area contributed by atoms with Crippen LogP contribution in [0.5, 0.6) is 0 Å². The fourth-order valence-corrected chi connectivity index (χ4v) is 2.26. The van der Waals surface area contributed by atoms with Gasteiger partial charge in [0.25, 0.3) is 5.91 Å². The number of nitrogens with one attached hydrogen (secondary N) is 2. The Hall–Kier alpha value is -1.29. The lowest BCUT2D eigenvalue weighted by Crippen LogP contribution is -2.29. The standard InChI is InChI=1S/C14H20ClN3O/c1-3-16-13-6-11(12(15)8-17-13)14(19)18-7-9(2)10-4-5-10/h6,8-10H,3-5,7H2,1-2H3,(H,16,17)(H,18,19). The van der Waals surface area contributed by atoms with E-state index in [2.05, 4.69) is 22.5 Å². The van der Waals surface area contributed by atoms with Gasteiger partial charge < -0.3 is 10.6 Å². The van der Waals surface area contributed by atoms with Crippen molar-refractivity contribution in [2.24, 2.45) is 11.8 Å².